The molecule has 1 aromatic rings. The van der Waals surface area contributed by atoms with Crippen molar-refractivity contribution in [3.8, 4) is 0 Å². The molecule has 1 aliphatic carbocycles. The molecular formula is C12H21N3O2S2. The Balaban J connectivity index is 2.07. The second-order valence-corrected chi connectivity index (χ2v) is 8.14. The molecule has 108 valence electrons. The first kappa shape index (κ1) is 14.9. The first-order valence-electron chi connectivity index (χ1n) is 6.54. The molecule has 2 N–H and O–H groups in total. The average Bonchev–Trinajstić information content (AvgIpc) is 2.85. The van der Waals surface area contributed by atoms with Gasteiger partial charge in [-0.25, -0.2) is 13.1 Å². The van der Waals surface area contributed by atoms with E-state index in [9.17, 15) is 8.42 Å². The molecule has 0 radical (unpaired) electrons. The van der Waals surface area contributed by atoms with Crippen LogP contribution in [-0.2, 0) is 10.0 Å². The highest BCUT2D eigenvalue weighted by Crippen LogP contribution is 2.38. The van der Waals surface area contributed by atoms with Gasteiger partial charge in [-0.1, -0.05) is 19.3 Å². The summed E-state index contributed by atoms with van der Waals surface area (Å²) >= 11 is 1.78. The second-order valence-electron chi connectivity index (χ2n) is 5.13. The molecular weight excluding hydrogens is 282 g/mol. The average molecular weight is 303 g/mol. The lowest BCUT2D eigenvalue weighted by Gasteiger charge is -2.35. The van der Waals surface area contributed by atoms with Crippen molar-refractivity contribution < 1.29 is 8.42 Å². The number of aryl methyl sites for hydroxylation is 1. The van der Waals surface area contributed by atoms with Crippen molar-refractivity contribution >= 4 is 21.8 Å². The Bertz CT molecular complexity index is 519. The standard InChI is InChI=1S/C12H21N3O2S2/c1-10-11(8-13-15-10)19(16,17)14-9-12(18-2)6-4-3-5-7-12/h8,14H,3-7,9H2,1-2H3,(H,13,15). The zero-order valence-electron chi connectivity index (χ0n) is 11.4. The molecule has 5 nitrogen and oxygen atoms in total. The zero-order valence-corrected chi connectivity index (χ0v) is 13.0. The lowest BCUT2D eigenvalue weighted by Crippen LogP contribution is -2.41. The van der Waals surface area contributed by atoms with Gasteiger partial charge in [0.25, 0.3) is 0 Å². The summed E-state index contributed by atoms with van der Waals surface area (Å²) in [6.07, 6.45) is 9.24. The van der Waals surface area contributed by atoms with E-state index in [1.165, 1.54) is 25.5 Å². The van der Waals surface area contributed by atoms with Crippen LogP contribution < -0.4 is 4.72 Å². The smallest absolute Gasteiger partial charge is 0.243 e. The van der Waals surface area contributed by atoms with E-state index in [0.29, 0.717) is 12.2 Å². The van der Waals surface area contributed by atoms with Crippen LogP contribution in [0.25, 0.3) is 0 Å². The monoisotopic (exact) mass is 303 g/mol. The van der Waals surface area contributed by atoms with Gasteiger partial charge in [-0.2, -0.15) is 16.9 Å². The van der Waals surface area contributed by atoms with E-state index in [1.807, 2.05) is 0 Å². The molecule has 1 heterocycles. The minimum Gasteiger partial charge on any atom is -0.281 e. The molecule has 0 saturated heterocycles. The van der Waals surface area contributed by atoms with Gasteiger partial charge < -0.3 is 0 Å². The van der Waals surface area contributed by atoms with Gasteiger partial charge in [0.2, 0.25) is 10.0 Å². The van der Waals surface area contributed by atoms with Crippen molar-refractivity contribution in [2.75, 3.05) is 12.8 Å². The third-order valence-corrected chi connectivity index (χ3v) is 6.79. The van der Waals surface area contributed by atoms with Crippen molar-refractivity contribution in [3.05, 3.63) is 11.9 Å². The van der Waals surface area contributed by atoms with E-state index in [0.717, 1.165) is 12.8 Å². The largest absolute Gasteiger partial charge is 0.281 e. The number of H-pyrrole nitrogens is 1. The minimum absolute atomic E-state index is 0.0585. The summed E-state index contributed by atoms with van der Waals surface area (Å²) < 4.78 is 27.3. The third kappa shape index (κ3) is 3.32. The lowest BCUT2D eigenvalue weighted by molar-refractivity contribution is 0.395. The number of hydrogen-bond donors (Lipinski definition) is 2. The van der Waals surface area contributed by atoms with Crippen LogP contribution in [0.3, 0.4) is 0 Å². The van der Waals surface area contributed by atoms with Crippen molar-refractivity contribution in [2.45, 2.75) is 48.7 Å². The van der Waals surface area contributed by atoms with Gasteiger partial charge >= 0.3 is 0 Å². The van der Waals surface area contributed by atoms with Crippen molar-refractivity contribution in [1.82, 2.24) is 14.9 Å². The highest BCUT2D eigenvalue weighted by molar-refractivity contribution is 8.00. The van der Waals surface area contributed by atoms with Crippen LogP contribution in [0.4, 0.5) is 0 Å². The summed E-state index contributed by atoms with van der Waals surface area (Å²) in [5.74, 6) is 0. The fraction of sp³-hybridized carbons (Fsp3) is 0.750. The molecule has 1 aromatic heterocycles. The van der Waals surface area contributed by atoms with Crippen molar-refractivity contribution in [1.29, 1.82) is 0 Å². The Hall–Kier alpha value is -0.530. The molecule has 1 saturated carbocycles. The summed E-state index contributed by atoms with van der Waals surface area (Å²) in [5.41, 5.74) is 0.578. The van der Waals surface area contributed by atoms with Crippen molar-refractivity contribution in [3.63, 3.8) is 0 Å². The van der Waals surface area contributed by atoms with Crippen LogP contribution >= 0.6 is 11.8 Å². The minimum atomic E-state index is -3.45. The van der Waals surface area contributed by atoms with Crippen LogP contribution in [0.2, 0.25) is 0 Å². The van der Waals surface area contributed by atoms with Crippen LogP contribution in [0.5, 0.6) is 0 Å². The maximum absolute atomic E-state index is 12.2. The van der Waals surface area contributed by atoms with Gasteiger partial charge in [-0.3, -0.25) is 5.10 Å². The van der Waals surface area contributed by atoms with Gasteiger partial charge in [0.1, 0.15) is 4.90 Å². The Morgan fingerprint density at radius 2 is 2.11 bits per heavy atom. The van der Waals surface area contributed by atoms with E-state index in [1.54, 1.807) is 18.7 Å². The second kappa shape index (κ2) is 5.85. The number of rotatable bonds is 5. The number of sulfonamides is 1. The van der Waals surface area contributed by atoms with Crippen LogP contribution in [0, 0.1) is 6.92 Å². The maximum Gasteiger partial charge on any atom is 0.243 e. The molecule has 1 fully saturated rings. The van der Waals surface area contributed by atoms with Crippen molar-refractivity contribution in [2.24, 2.45) is 0 Å². The predicted molar refractivity (Wildman–Crippen MR) is 77.8 cm³/mol. The predicted octanol–water partition coefficient (Wildman–Crippen LogP) is 2.06. The molecule has 2 rings (SSSR count). The Kier molecular flexibility index (Phi) is 4.58. The Labute approximate surface area is 119 Å². The fourth-order valence-corrected chi connectivity index (χ4v) is 4.83. The fourth-order valence-electron chi connectivity index (χ4n) is 2.56. The number of aromatic nitrogens is 2. The van der Waals surface area contributed by atoms with E-state index < -0.39 is 10.0 Å². The normalized spacial score (nSPS) is 19.5. The molecule has 0 atom stereocenters. The molecule has 0 aromatic carbocycles. The third-order valence-electron chi connectivity index (χ3n) is 3.86. The summed E-state index contributed by atoms with van der Waals surface area (Å²) in [4.78, 5) is 0.250. The van der Waals surface area contributed by atoms with Crippen LogP contribution in [0.1, 0.15) is 37.8 Å². The van der Waals surface area contributed by atoms with Gasteiger partial charge in [-0.05, 0) is 26.0 Å². The molecule has 7 heteroatoms. The first-order chi connectivity index (χ1) is 8.99. The summed E-state index contributed by atoms with van der Waals surface area (Å²) in [6, 6.07) is 0. The number of thioether (sulfide) groups is 1. The number of nitrogens with one attached hydrogen (secondary N) is 2. The van der Waals surface area contributed by atoms with E-state index in [2.05, 4.69) is 21.2 Å². The molecule has 0 amide bonds. The molecule has 0 aliphatic heterocycles. The van der Waals surface area contributed by atoms with E-state index >= 15 is 0 Å². The maximum atomic E-state index is 12.2. The zero-order chi connectivity index (χ0) is 13.9. The topological polar surface area (TPSA) is 74.8 Å². The molecule has 0 unspecified atom stereocenters. The molecule has 1 aliphatic rings. The SMILES string of the molecule is CSC1(CNS(=O)(=O)c2cn[nH]c2C)CCCCC1. The Morgan fingerprint density at radius 1 is 1.42 bits per heavy atom. The highest BCUT2D eigenvalue weighted by Gasteiger charge is 2.33. The summed E-state index contributed by atoms with van der Waals surface area (Å²) in [7, 11) is -3.45. The summed E-state index contributed by atoms with van der Waals surface area (Å²) in [5, 5.41) is 6.43. The van der Waals surface area contributed by atoms with Gasteiger partial charge in [0, 0.05) is 11.3 Å². The van der Waals surface area contributed by atoms with Gasteiger partial charge in [0.15, 0.2) is 0 Å². The number of aromatic amines is 1. The molecule has 19 heavy (non-hydrogen) atoms. The van der Waals surface area contributed by atoms with Gasteiger partial charge in [-0.15, -0.1) is 0 Å². The number of nitrogens with zero attached hydrogens (tertiary/aromatic N) is 1. The quantitative estimate of drug-likeness (QED) is 0.873. The van der Waals surface area contributed by atoms with Gasteiger partial charge in [0.05, 0.1) is 11.9 Å². The molecule has 0 spiro atoms. The summed E-state index contributed by atoms with van der Waals surface area (Å²) in [6.45, 7) is 2.22. The van der Waals surface area contributed by atoms with Crippen LogP contribution in [-0.4, -0.2) is 36.2 Å². The first-order valence-corrected chi connectivity index (χ1v) is 9.25. The lowest BCUT2D eigenvalue weighted by atomic mass is 9.88. The number of hydrogen-bond acceptors (Lipinski definition) is 4. The van der Waals surface area contributed by atoms with E-state index in [4.69, 9.17) is 0 Å². The highest BCUT2D eigenvalue weighted by atomic mass is 32.2. The van der Waals surface area contributed by atoms with Crippen LogP contribution in [0.15, 0.2) is 11.1 Å². The van der Waals surface area contributed by atoms with E-state index in [-0.39, 0.29) is 9.64 Å². The Morgan fingerprint density at radius 3 is 2.63 bits per heavy atom. The molecule has 0 bridgehead atoms.